The van der Waals surface area contributed by atoms with Crippen LogP contribution in [0.5, 0.6) is 0 Å². The van der Waals surface area contributed by atoms with Gasteiger partial charge in [-0.15, -0.1) is 0 Å². The molecule has 98 valence electrons. The van der Waals surface area contributed by atoms with Crippen molar-refractivity contribution in [1.82, 2.24) is 4.90 Å². The summed E-state index contributed by atoms with van der Waals surface area (Å²) in [5, 5.41) is 0. The van der Waals surface area contributed by atoms with Gasteiger partial charge in [0.25, 0.3) is 0 Å². The first-order valence-electron chi connectivity index (χ1n) is 6.82. The van der Waals surface area contributed by atoms with Crippen molar-refractivity contribution in [3.8, 4) is 0 Å². The quantitative estimate of drug-likeness (QED) is 0.791. The van der Waals surface area contributed by atoms with Crippen LogP contribution in [0.15, 0.2) is 0 Å². The lowest BCUT2D eigenvalue weighted by Crippen LogP contribution is -2.55. The highest BCUT2D eigenvalue weighted by Gasteiger charge is 2.40. The highest BCUT2D eigenvalue weighted by Crippen LogP contribution is 2.34. The molecule has 2 fully saturated rings. The Morgan fingerprint density at radius 3 is 2.82 bits per heavy atom. The molecule has 0 aromatic carbocycles. The van der Waals surface area contributed by atoms with Crippen LogP contribution >= 0.6 is 0 Å². The van der Waals surface area contributed by atoms with Crippen LogP contribution in [0.25, 0.3) is 0 Å². The summed E-state index contributed by atoms with van der Waals surface area (Å²) in [6, 6.07) is 0.325. The zero-order valence-corrected chi connectivity index (χ0v) is 10.8. The Bertz CT molecular complexity index is 273. The maximum Gasteiger partial charge on any atom is 0.222 e. The van der Waals surface area contributed by atoms with Crippen LogP contribution in [-0.4, -0.2) is 42.1 Å². The molecule has 1 saturated heterocycles. The number of nitrogens with zero attached hydrogens (tertiary/aromatic N) is 1. The van der Waals surface area contributed by atoms with E-state index in [0.29, 0.717) is 19.1 Å². The van der Waals surface area contributed by atoms with Gasteiger partial charge in [0.05, 0.1) is 12.2 Å². The standard InChI is InChI=1S/C13H24N2O2/c1-2-3-12(16)15-8-9-17-13(10-15)6-4-11(14)5-7-13/h11H,2-10,14H2,1H3. The van der Waals surface area contributed by atoms with Crippen molar-refractivity contribution in [3.63, 3.8) is 0 Å². The molecule has 0 radical (unpaired) electrons. The number of carbonyl (C=O) groups excluding carboxylic acids is 1. The third kappa shape index (κ3) is 2.99. The van der Waals surface area contributed by atoms with Crippen molar-refractivity contribution in [2.75, 3.05) is 19.7 Å². The minimum atomic E-state index is -0.0858. The Labute approximate surface area is 103 Å². The molecule has 2 aliphatic rings. The predicted octanol–water partition coefficient (Wildman–Crippen LogP) is 1.29. The number of morpholine rings is 1. The summed E-state index contributed by atoms with van der Waals surface area (Å²) in [7, 11) is 0. The van der Waals surface area contributed by atoms with Gasteiger partial charge in [-0.25, -0.2) is 0 Å². The molecule has 0 aromatic heterocycles. The Kier molecular flexibility index (Phi) is 4.05. The van der Waals surface area contributed by atoms with Gasteiger partial charge in [-0.05, 0) is 32.1 Å². The first-order chi connectivity index (χ1) is 8.15. The van der Waals surface area contributed by atoms with Gasteiger partial charge in [0.1, 0.15) is 0 Å². The van der Waals surface area contributed by atoms with Crippen LogP contribution in [0.4, 0.5) is 0 Å². The highest BCUT2D eigenvalue weighted by molar-refractivity contribution is 5.76. The highest BCUT2D eigenvalue weighted by atomic mass is 16.5. The molecule has 0 unspecified atom stereocenters. The molecule has 17 heavy (non-hydrogen) atoms. The summed E-state index contributed by atoms with van der Waals surface area (Å²) in [6.07, 6.45) is 5.64. The largest absolute Gasteiger partial charge is 0.371 e. The molecule has 2 rings (SSSR count). The second-order valence-electron chi connectivity index (χ2n) is 5.43. The van der Waals surface area contributed by atoms with E-state index in [4.69, 9.17) is 10.5 Å². The summed E-state index contributed by atoms with van der Waals surface area (Å²) in [5.74, 6) is 0.282. The van der Waals surface area contributed by atoms with Gasteiger partial charge in [-0.2, -0.15) is 0 Å². The summed E-state index contributed by atoms with van der Waals surface area (Å²) < 4.78 is 5.96. The fraction of sp³-hybridized carbons (Fsp3) is 0.923. The Morgan fingerprint density at radius 1 is 1.47 bits per heavy atom. The number of ether oxygens (including phenoxy) is 1. The van der Waals surface area contributed by atoms with Crippen LogP contribution in [0.2, 0.25) is 0 Å². The van der Waals surface area contributed by atoms with Crippen LogP contribution < -0.4 is 5.73 Å². The summed E-state index contributed by atoms with van der Waals surface area (Å²) in [5.41, 5.74) is 5.84. The zero-order chi connectivity index (χ0) is 12.3. The van der Waals surface area contributed by atoms with Gasteiger partial charge in [0.2, 0.25) is 5.91 Å². The maximum absolute atomic E-state index is 11.9. The van der Waals surface area contributed by atoms with Gasteiger partial charge in [-0.3, -0.25) is 4.79 Å². The molecule has 2 N–H and O–H groups in total. The Balaban J connectivity index is 1.94. The SMILES string of the molecule is CCCC(=O)N1CCOC2(CCC(N)CC2)C1. The van der Waals surface area contributed by atoms with E-state index in [1.165, 1.54) is 0 Å². The van der Waals surface area contributed by atoms with Gasteiger partial charge in [0.15, 0.2) is 0 Å². The molecule has 1 spiro atoms. The Morgan fingerprint density at radius 2 is 2.18 bits per heavy atom. The van der Waals surface area contributed by atoms with Crippen molar-refractivity contribution >= 4 is 5.91 Å². The second-order valence-corrected chi connectivity index (χ2v) is 5.43. The molecular weight excluding hydrogens is 216 g/mol. The molecule has 0 bridgehead atoms. The number of nitrogens with two attached hydrogens (primary N) is 1. The Hall–Kier alpha value is -0.610. The monoisotopic (exact) mass is 240 g/mol. The zero-order valence-electron chi connectivity index (χ0n) is 10.8. The molecule has 1 amide bonds. The van der Waals surface area contributed by atoms with Crippen molar-refractivity contribution in [2.24, 2.45) is 5.73 Å². The van der Waals surface area contributed by atoms with Crippen LogP contribution in [0.1, 0.15) is 45.4 Å². The lowest BCUT2D eigenvalue weighted by atomic mass is 9.81. The molecule has 1 aliphatic heterocycles. The van der Waals surface area contributed by atoms with Gasteiger partial charge in [0, 0.05) is 25.6 Å². The van der Waals surface area contributed by atoms with Crippen molar-refractivity contribution < 1.29 is 9.53 Å². The number of hydrogen-bond acceptors (Lipinski definition) is 3. The maximum atomic E-state index is 11.9. The van der Waals surface area contributed by atoms with Gasteiger partial charge in [-0.1, -0.05) is 6.92 Å². The van der Waals surface area contributed by atoms with E-state index < -0.39 is 0 Å². The number of amides is 1. The summed E-state index contributed by atoms with van der Waals surface area (Å²) >= 11 is 0. The molecule has 4 heteroatoms. The lowest BCUT2D eigenvalue weighted by molar-refractivity contribution is -0.156. The average molecular weight is 240 g/mol. The first-order valence-corrected chi connectivity index (χ1v) is 6.82. The summed E-state index contributed by atoms with van der Waals surface area (Å²) in [6.45, 7) is 4.27. The molecule has 1 saturated carbocycles. The first kappa shape index (κ1) is 12.8. The van der Waals surface area contributed by atoms with Crippen molar-refractivity contribution in [2.45, 2.75) is 57.1 Å². The fourth-order valence-corrected chi connectivity index (χ4v) is 2.90. The van der Waals surface area contributed by atoms with Crippen LogP contribution in [0, 0.1) is 0 Å². The van der Waals surface area contributed by atoms with E-state index in [-0.39, 0.29) is 11.5 Å². The van der Waals surface area contributed by atoms with Gasteiger partial charge < -0.3 is 15.4 Å². The molecule has 4 nitrogen and oxygen atoms in total. The third-order valence-electron chi connectivity index (χ3n) is 4.01. The molecule has 0 aromatic rings. The lowest BCUT2D eigenvalue weighted by Gasteiger charge is -2.46. The number of hydrogen-bond donors (Lipinski definition) is 1. The van der Waals surface area contributed by atoms with Crippen molar-refractivity contribution in [1.29, 1.82) is 0 Å². The molecular formula is C13H24N2O2. The minimum absolute atomic E-state index is 0.0858. The van der Waals surface area contributed by atoms with E-state index in [2.05, 4.69) is 0 Å². The van der Waals surface area contributed by atoms with Crippen molar-refractivity contribution in [3.05, 3.63) is 0 Å². The average Bonchev–Trinajstić information content (AvgIpc) is 2.34. The van der Waals surface area contributed by atoms with E-state index in [1.807, 2.05) is 11.8 Å². The molecule has 1 heterocycles. The second kappa shape index (κ2) is 5.36. The van der Waals surface area contributed by atoms with E-state index in [0.717, 1.165) is 45.2 Å². The normalized spacial score (nSPS) is 34.0. The number of rotatable bonds is 2. The number of carbonyl (C=O) groups is 1. The topological polar surface area (TPSA) is 55.6 Å². The van der Waals surface area contributed by atoms with E-state index in [9.17, 15) is 4.79 Å². The fourth-order valence-electron chi connectivity index (χ4n) is 2.90. The van der Waals surface area contributed by atoms with Gasteiger partial charge >= 0.3 is 0 Å². The van der Waals surface area contributed by atoms with Crippen LogP contribution in [0.3, 0.4) is 0 Å². The summed E-state index contributed by atoms with van der Waals surface area (Å²) in [4.78, 5) is 13.9. The van der Waals surface area contributed by atoms with Crippen LogP contribution in [-0.2, 0) is 9.53 Å². The third-order valence-corrected chi connectivity index (χ3v) is 4.01. The van der Waals surface area contributed by atoms with E-state index in [1.54, 1.807) is 0 Å². The predicted molar refractivity (Wildman–Crippen MR) is 66.6 cm³/mol. The minimum Gasteiger partial charge on any atom is -0.371 e. The molecule has 1 aliphatic carbocycles. The van der Waals surface area contributed by atoms with E-state index >= 15 is 0 Å². The molecule has 0 atom stereocenters. The smallest absolute Gasteiger partial charge is 0.222 e.